The number of hydrogen-bond donors (Lipinski definition) is 1. The first-order valence-electron chi connectivity index (χ1n) is 7.68. The number of nitrogens with zero attached hydrogens (tertiary/aromatic N) is 1. The Hall–Kier alpha value is -1.02. The number of rotatable bonds is 5. The second kappa shape index (κ2) is 6.42. The van der Waals surface area contributed by atoms with Gasteiger partial charge in [-0.15, -0.1) is 0 Å². The van der Waals surface area contributed by atoms with Crippen LogP contribution in [0.15, 0.2) is 18.2 Å². The summed E-state index contributed by atoms with van der Waals surface area (Å²) in [6, 6.07) is 7.49. The molecule has 1 aromatic rings. The van der Waals surface area contributed by atoms with E-state index in [1.807, 2.05) is 0 Å². The maximum Gasteiger partial charge on any atom is 0.0369 e. The van der Waals surface area contributed by atoms with Crippen molar-refractivity contribution in [3.63, 3.8) is 0 Å². The van der Waals surface area contributed by atoms with Crippen LogP contribution in [-0.4, -0.2) is 19.1 Å². The molecule has 0 spiro atoms. The molecule has 1 N–H and O–H groups in total. The van der Waals surface area contributed by atoms with E-state index >= 15 is 0 Å². The lowest BCUT2D eigenvalue weighted by molar-refractivity contribution is 0.569. The monoisotopic (exact) mass is 260 g/mol. The number of hydrogen-bond acceptors (Lipinski definition) is 2. The summed E-state index contributed by atoms with van der Waals surface area (Å²) < 4.78 is 0. The molecule has 1 aromatic carbocycles. The zero-order valence-electron chi connectivity index (χ0n) is 12.9. The molecule has 0 saturated carbocycles. The van der Waals surface area contributed by atoms with Crippen molar-refractivity contribution in [2.75, 3.05) is 18.0 Å². The molecule has 106 valence electrons. The highest BCUT2D eigenvalue weighted by atomic mass is 15.1. The molecule has 1 unspecified atom stereocenters. The van der Waals surface area contributed by atoms with Gasteiger partial charge >= 0.3 is 0 Å². The lowest BCUT2D eigenvalue weighted by atomic mass is 10.1. The average molecular weight is 260 g/mol. The van der Waals surface area contributed by atoms with Crippen molar-refractivity contribution in [1.82, 2.24) is 5.32 Å². The van der Waals surface area contributed by atoms with Crippen LogP contribution in [0.2, 0.25) is 0 Å². The van der Waals surface area contributed by atoms with E-state index in [0.29, 0.717) is 6.04 Å². The molecule has 1 atom stereocenters. The summed E-state index contributed by atoms with van der Waals surface area (Å²) in [6.07, 6.45) is 2.66. The second-order valence-electron chi connectivity index (χ2n) is 6.16. The van der Waals surface area contributed by atoms with Crippen LogP contribution in [0, 0.1) is 12.8 Å². The third-order valence-electron chi connectivity index (χ3n) is 4.26. The Bertz CT molecular complexity index is 412. The minimum atomic E-state index is 0.544. The summed E-state index contributed by atoms with van der Waals surface area (Å²) in [5.74, 6) is 0.891. The molecule has 0 bridgehead atoms. The van der Waals surface area contributed by atoms with Crippen molar-refractivity contribution in [2.45, 2.75) is 53.1 Å². The summed E-state index contributed by atoms with van der Waals surface area (Å²) >= 11 is 0. The van der Waals surface area contributed by atoms with Gasteiger partial charge in [-0.2, -0.15) is 0 Å². The predicted octanol–water partition coefficient (Wildman–Crippen LogP) is 3.73. The van der Waals surface area contributed by atoms with Crippen LogP contribution in [0.5, 0.6) is 0 Å². The van der Waals surface area contributed by atoms with E-state index in [0.717, 1.165) is 12.5 Å². The standard InChI is InChI=1S/C17H28N2/c1-5-15-8-9-19(12-15)17-7-6-16(14(4)10-17)11-18-13(2)3/h6-7,10,13,15,18H,5,8-9,11-12H2,1-4H3. The van der Waals surface area contributed by atoms with E-state index in [4.69, 9.17) is 0 Å². The summed E-state index contributed by atoms with van der Waals surface area (Å²) in [6.45, 7) is 12.4. The van der Waals surface area contributed by atoms with E-state index in [-0.39, 0.29) is 0 Å². The van der Waals surface area contributed by atoms with Gasteiger partial charge in [0.05, 0.1) is 0 Å². The molecule has 2 rings (SSSR count). The Morgan fingerprint density at radius 2 is 2.16 bits per heavy atom. The molecule has 2 nitrogen and oxygen atoms in total. The molecule has 1 aliphatic rings. The van der Waals surface area contributed by atoms with E-state index in [2.05, 4.69) is 56.1 Å². The smallest absolute Gasteiger partial charge is 0.0369 e. The van der Waals surface area contributed by atoms with Crippen molar-refractivity contribution in [1.29, 1.82) is 0 Å². The zero-order valence-corrected chi connectivity index (χ0v) is 12.9. The molecule has 1 fully saturated rings. The molecule has 0 radical (unpaired) electrons. The second-order valence-corrected chi connectivity index (χ2v) is 6.16. The Balaban J connectivity index is 2.02. The fourth-order valence-corrected chi connectivity index (χ4v) is 2.79. The molecular weight excluding hydrogens is 232 g/mol. The van der Waals surface area contributed by atoms with E-state index in [1.165, 1.54) is 42.7 Å². The largest absolute Gasteiger partial charge is 0.371 e. The molecule has 2 heteroatoms. The predicted molar refractivity (Wildman–Crippen MR) is 83.8 cm³/mol. The molecule has 0 amide bonds. The van der Waals surface area contributed by atoms with Crippen LogP contribution in [-0.2, 0) is 6.54 Å². The Morgan fingerprint density at radius 1 is 1.37 bits per heavy atom. The highest BCUT2D eigenvalue weighted by molar-refractivity contribution is 5.51. The number of benzene rings is 1. The minimum absolute atomic E-state index is 0.544. The van der Waals surface area contributed by atoms with Crippen molar-refractivity contribution < 1.29 is 0 Å². The SMILES string of the molecule is CCC1CCN(c2ccc(CNC(C)C)c(C)c2)C1. The lowest BCUT2D eigenvalue weighted by Crippen LogP contribution is -2.23. The van der Waals surface area contributed by atoms with Gasteiger partial charge in [-0.1, -0.05) is 33.3 Å². The van der Waals surface area contributed by atoms with Gasteiger partial charge in [-0.3, -0.25) is 0 Å². The van der Waals surface area contributed by atoms with Gasteiger partial charge in [0.15, 0.2) is 0 Å². The first-order valence-corrected chi connectivity index (χ1v) is 7.68. The van der Waals surface area contributed by atoms with Gasteiger partial charge in [0.25, 0.3) is 0 Å². The van der Waals surface area contributed by atoms with Gasteiger partial charge in [0.2, 0.25) is 0 Å². The molecule has 1 saturated heterocycles. The Kier molecular flexibility index (Phi) is 4.87. The summed E-state index contributed by atoms with van der Waals surface area (Å²) in [5.41, 5.74) is 4.23. The molecule has 0 aromatic heterocycles. The Labute approximate surface area is 118 Å². The van der Waals surface area contributed by atoms with Crippen LogP contribution in [0.3, 0.4) is 0 Å². The molecule has 1 heterocycles. The van der Waals surface area contributed by atoms with Crippen LogP contribution in [0.1, 0.15) is 44.7 Å². The minimum Gasteiger partial charge on any atom is -0.371 e. The van der Waals surface area contributed by atoms with Gasteiger partial charge < -0.3 is 10.2 Å². The lowest BCUT2D eigenvalue weighted by Gasteiger charge is -2.20. The normalized spacial score (nSPS) is 19.4. The van der Waals surface area contributed by atoms with Crippen LogP contribution in [0.25, 0.3) is 0 Å². The zero-order chi connectivity index (χ0) is 13.8. The molecule has 0 aliphatic carbocycles. The van der Waals surface area contributed by atoms with E-state index in [9.17, 15) is 0 Å². The van der Waals surface area contributed by atoms with Gasteiger partial charge in [-0.25, -0.2) is 0 Å². The highest BCUT2D eigenvalue weighted by Crippen LogP contribution is 2.27. The number of nitrogens with one attached hydrogen (secondary N) is 1. The third-order valence-corrected chi connectivity index (χ3v) is 4.26. The first-order chi connectivity index (χ1) is 9.10. The van der Waals surface area contributed by atoms with Crippen molar-refractivity contribution >= 4 is 5.69 Å². The van der Waals surface area contributed by atoms with E-state index in [1.54, 1.807) is 0 Å². The van der Waals surface area contributed by atoms with Crippen molar-refractivity contribution in [3.05, 3.63) is 29.3 Å². The van der Waals surface area contributed by atoms with Gasteiger partial charge in [0, 0.05) is 31.4 Å². The molecule has 19 heavy (non-hydrogen) atoms. The summed E-state index contributed by atoms with van der Waals surface area (Å²) in [4.78, 5) is 2.54. The van der Waals surface area contributed by atoms with Crippen molar-refractivity contribution in [3.8, 4) is 0 Å². The van der Waals surface area contributed by atoms with Crippen LogP contribution in [0.4, 0.5) is 5.69 Å². The van der Waals surface area contributed by atoms with Crippen LogP contribution >= 0.6 is 0 Å². The number of anilines is 1. The number of aryl methyl sites for hydroxylation is 1. The summed E-state index contributed by atoms with van der Waals surface area (Å²) in [5, 5.41) is 3.49. The highest BCUT2D eigenvalue weighted by Gasteiger charge is 2.21. The quantitative estimate of drug-likeness (QED) is 0.868. The average Bonchev–Trinajstić information content (AvgIpc) is 2.85. The summed E-state index contributed by atoms with van der Waals surface area (Å²) in [7, 11) is 0. The Morgan fingerprint density at radius 3 is 2.74 bits per heavy atom. The fourth-order valence-electron chi connectivity index (χ4n) is 2.79. The maximum absolute atomic E-state index is 3.49. The van der Waals surface area contributed by atoms with Crippen LogP contribution < -0.4 is 10.2 Å². The third kappa shape index (κ3) is 3.73. The first kappa shape index (κ1) is 14.4. The van der Waals surface area contributed by atoms with E-state index < -0.39 is 0 Å². The molecule has 1 aliphatic heterocycles. The fraction of sp³-hybridized carbons (Fsp3) is 0.647. The van der Waals surface area contributed by atoms with Gasteiger partial charge in [0.1, 0.15) is 0 Å². The topological polar surface area (TPSA) is 15.3 Å². The maximum atomic E-state index is 3.49. The van der Waals surface area contributed by atoms with Crippen molar-refractivity contribution in [2.24, 2.45) is 5.92 Å². The van der Waals surface area contributed by atoms with Gasteiger partial charge in [-0.05, 0) is 42.5 Å². The molecular formula is C17H28N2.